The standard InChI is InChI=1S/C17H17N3O3S/c1-3-14-19-20-15(21)9-13(18-17(20)24-14)10-23-16(22)8-12-7-5-4-6-11(12)2/h4-7,9H,3,8,10H2,1-2H3. The maximum atomic E-state index is 12.0. The Morgan fingerprint density at radius 1 is 1.33 bits per heavy atom. The van der Waals surface area contributed by atoms with Crippen LogP contribution in [-0.2, 0) is 29.0 Å². The third-order valence-corrected chi connectivity index (χ3v) is 4.67. The molecule has 0 aliphatic heterocycles. The van der Waals surface area contributed by atoms with Gasteiger partial charge in [0.25, 0.3) is 5.56 Å². The number of aryl methyl sites for hydroxylation is 2. The molecule has 0 saturated heterocycles. The first-order valence-corrected chi connectivity index (χ1v) is 8.47. The number of rotatable bonds is 5. The molecule has 0 N–H and O–H groups in total. The minimum Gasteiger partial charge on any atom is -0.459 e. The van der Waals surface area contributed by atoms with Gasteiger partial charge in [0.1, 0.15) is 11.6 Å². The largest absolute Gasteiger partial charge is 0.459 e. The summed E-state index contributed by atoms with van der Waals surface area (Å²) in [4.78, 5) is 28.9. The highest BCUT2D eigenvalue weighted by Gasteiger charge is 2.11. The minimum atomic E-state index is -0.343. The van der Waals surface area contributed by atoms with E-state index >= 15 is 0 Å². The zero-order valence-electron chi connectivity index (χ0n) is 13.5. The molecule has 0 bridgehead atoms. The summed E-state index contributed by atoms with van der Waals surface area (Å²) in [7, 11) is 0. The summed E-state index contributed by atoms with van der Waals surface area (Å²) in [5, 5.41) is 5.03. The molecule has 2 heterocycles. The number of carbonyl (C=O) groups is 1. The van der Waals surface area contributed by atoms with Crippen molar-refractivity contribution in [3.63, 3.8) is 0 Å². The molecule has 0 aliphatic rings. The van der Waals surface area contributed by atoms with E-state index in [4.69, 9.17) is 4.74 Å². The summed E-state index contributed by atoms with van der Waals surface area (Å²) < 4.78 is 6.54. The summed E-state index contributed by atoms with van der Waals surface area (Å²) in [5.41, 5.74) is 2.15. The topological polar surface area (TPSA) is 73.6 Å². The van der Waals surface area contributed by atoms with Crippen LogP contribution in [-0.4, -0.2) is 20.6 Å². The predicted molar refractivity (Wildman–Crippen MR) is 91.2 cm³/mol. The molecule has 6 nitrogen and oxygen atoms in total. The molecular weight excluding hydrogens is 326 g/mol. The van der Waals surface area contributed by atoms with E-state index in [-0.39, 0.29) is 24.6 Å². The molecule has 0 fully saturated rings. The molecule has 0 aliphatic carbocycles. The summed E-state index contributed by atoms with van der Waals surface area (Å²) >= 11 is 1.36. The molecular formula is C17H17N3O3S. The molecule has 24 heavy (non-hydrogen) atoms. The smallest absolute Gasteiger partial charge is 0.310 e. The summed E-state index contributed by atoms with van der Waals surface area (Å²) in [6.45, 7) is 3.90. The van der Waals surface area contributed by atoms with Crippen molar-refractivity contribution in [3.05, 3.63) is 62.5 Å². The van der Waals surface area contributed by atoms with E-state index in [1.807, 2.05) is 38.1 Å². The van der Waals surface area contributed by atoms with Crippen LogP contribution in [0.5, 0.6) is 0 Å². The van der Waals surface area contributed by atoms with Gasteiger partial charge < -0.3 is 4.74 Å². The van der Waals surface area contributed by atoms with Crippen molar-refractivity contribution in [1.82, 2.24) is 14.6 Å². The van der Waals surface area contributed by atoms with E-state index in [0.29, 0.717) is 10.7 Å². The second-order valence-electron chi connectivity index (χ2n) is 5.39. The van der Waals surface area contributed by atoms with Crippen LogP contribution < -0.4 is 5.56 Å². The molecule has 3 rings (SSSR count). The number of hydrogen-bond acceptors (Lipinski definition) is 6. The normalized spacial score (nSPS) is 10.9. The van der Waals surface area contributed by atoms with E-state index < -0.39 is 0 Å². The second kappa shape index (κ2) is 6.92. The second-order valence-corrected chi connectivity index (χ2v) is 6.43. The van der Waals surface area contributed by atoms with Gasteiger partial charge in [-0.05, 0) is 24.5 Å². The Balaban J connectivity index is 1.70. The lowest BCUT2D eigenvalue weighted by molar-refractivity contribution is -0.144. The van der Waals surface area contributed by atoms with E-state index in [0.717, 1.165) is 22.6 Å². The first-order valence-electron chi connectivity index (χ1n) is 7.65. The Morgan fingerprint density at radius 2 is 2.12 bits per heavy atom. The average molecular weight is 343 g/mol. The van der Waals surface area contributed by atoms with Gasteiger partial charge in [-0.3, -0.25) is 9.59 Å². The number of aromatic nitrogens is 3. The molecule has 0 spiro atoms. The van der Waals surface area contributed by atoms with Crippen LogP contribution in [0.25, 0.3) is 4.96 Å². The van der Waals surface area contributed by atoms with Gasteiger partial charge >= 0.3 is 5.97 Å². The van der Waals surface area contributed by atoms with Gasteiger partial charge in [-0.25, -0.2) is 4.98 Å². The zero-order chi connectivity index (χ0) is 17.1. The van der Waals surface area contributed by atoms with Crippen molar-refractivity contribution in [3.8, 4) is 0 Å². The molecule has 7 heteroatoms. The molecule has 3 aromatic rings. The van der Waals surface area contributed by atoms with Crippen molar-refractivity contribution >= 4 is 22.3 Å². The summed E-state index contributed by atoms with van der Waals surface area (Å²) in [5.74, 6) is -0.343. The third kappa shape index (κ3) is 3.51. The molecule has 0 saturated carbocycles. The lowest BCUT2D eigenvalue weighted by atomic mass is 10.1. The number of carbonyl (C=O) groups excluding carboxylic acids is 1. The number of esters is 1. The van der Waals surface area contributed by atoms with E-state index in [9.17, 15) is 9.59 Å². The summed E-state index contributed by atoms with van der Waals surface area (Å²) in [6.07, 6.45) is 0.947. The maximum Gasteiger partial charge on any atom is 0.310 e. The van der Waals surface area contributed by atoms with Crippen LogP contribution in [0, 0.1) is 6.92 Å². The Hall–Kier alpha value is -2.54. The first-order chi connectivity index (χ1) is 11.6. The van der Waals surface area contributed by atoms with E-state index in [1.165, 1.54) is 21.9 Å². The molecule has 0 amide bonds. The predicted octanol–water partition coefficient (Wildman–Crippen LogP) is 2.31. The molecule has 0 atom stereocenters. The Morgan fingerprint density at radius 3 is 2.88 bits per heavy atom. The van der Waals surface area contributed by atoms with E-state index in [2.05, 4.69) is 10.1 Å². The van der Waals surface area contributed by atoms with E-state index in [1.54, 1.807) is 0 Å². The molecule has 1 aromatic carbocycles. The quantitative estimate of drug-likeness (QED) is 0.665. The highest BCUT2D eigenvalue weighted by atomic mass is 32.1. The van der Waals surface area contributed by atoms with Crippen LogP contribution in [0.4, 0.5) is 0 Å². The monoisotopic (exact) mass is 343 g/mol. The highest BCUT2D eigenvalue weighted by Crippen LogP contribution is 2.13. The number of nitrogens with zero attached hydrogens (tertiary/aromatic N) is 3. The highest BCUT2D eigenvalue weighted by molar-refractivity contribution is 7.16. The molecule has 0 radical (unpaired) electrons. The third-order valence-electron chi connectivity index (χ3n) is 3.62. The van der Waals surface area contributed by atoms with Crippen molar-refractivity contribution in [2.45, 2.75) is 33.3 Å². The number of benzene rings is 1. The van der Waals surface area contributed by atoms with Gasteiger partial charge in [-0.2, -0.15) is 9.61 Å². The van der Waals surface area contributed by atoms with Crippen molar-refractivity contribution in [2.24, 2.45) is 0 Å². The minimum absolute atomic E-state index is 0.0180. The summed E-state index contributed by atoms with van der Waals surface area (Å²) in [6, 6.07) is 9.02. The van der Waals surface area contributed by atoms with Gasteiger partial charge in [0.05, 0.1) is 12.1 Å². The van der Waals surface area contributed by atoms with Crippen LogP contribution >= 0.6 is 11.3 Å². The van der Waals surface area contributed by atoms with Crippen LogP contribution in [0.15, 0.2) is 35.1 Å². The van der Waals surface area contributed by atoms with Gasteiger partial charge in [0, 0.05) is 6.07 Å². The Kier molecular flexibility index (Phi) is 4.71. The fourth-order valence-corrected chi connectivity index (χ4v) is 3.14. The SMILES string of the molecule is CCc1nn2c(=O)cc(COC(=O)Cc3ccccc3C)nc2s1. The number of hydrogen-bond donors (Lipinski definition) is 0. The Labute approximate surface area is 142 Å². The fraction of sp³-hybridized carbons (Fsp3) is 0.294. The molecule has 0 unspecified atom stereocenters. The first kappa shape index (κ1) is 16.3. The lowest BCUT2D eigenvalue weighted by Crippen LogP contribution is -2.17. The zero-order valence-corrected chi connectivity index (χ0v) is 14.3. The molecule has 124 valence electrons. The van der Waals surface area contributed by atoms with Crippen LogP contribution in [0.2, 0.25) is 0 Å². The van der Waals surface area contributed by atoms with Gasteiger partial charge in [0.15, 0.2) is 0 Å². The fourth-order valence-electron chi connectivity index (χ4n) is 2.28. The Bertz CT molecular complexity index is 946. The van der Waals surface area contributed by atoms with Crippen molar-refractivity contribution in [1.29, 1.82) is 0 Å². The maximum absolute atomic E-state index is 12.0. The van der Waals surface area contributed by atoms with Crippen molar-refractivity contribution in [2.75, 3.05) is 0 Å². The van der Waals surface area contributed by atoms with Crippen LogP contribution in [0.3, 0.4) is 0 Å². The van der Waals surface area contributed by atoms with Gasteiger partial charge in [-0.1, -0.05) is 42.5 Å². The molecule has 2 aromatic heterocycles. The lowest BCUT2D eigenvalue weighted by Gasteiger charge is -2.06. The number of ether oxygens (including phenoxy) is 1. The van der Waals surface area contributed by atoms with Crippen LogP contribution in [0.1, 0.15) is 28.8 Å². The number of fused-ring (bicyclic) bond motifs is 1. The average Bonchev–Trinajstić information content (AvgIpc) is 2.99. The van der Waals surface area contributed by atoms with Crippen molar-refractivity contribution < 1.29 is 9.53 Å². The van der Waals surface area contributed by atoms with Gasteiger partial charge in [-0.15, -0.1) is 0 Å². The van der Waals surface area contributed by atoms with Gasteiger partial charge in [0.2, 0.25) is 4.96 Å².